The van der Waals surface area contributed by atoms with Crippen LogP contribution in [0.15, 0.2) is 83.9 Å². The molecule has 198 valence electrons. The average molecular weight is 527 g/mol. The fourth-order valence-corrected chi connectivity index (χ4v) is 4.34. The topological polar surface area (TPSA) is 87.5 Å². The van der Waals surface area contributed by atoms with Crippen molar-refractivity contribution in [3.63, 3.8) is 0 Å². The van der Waals surface area contributed by atoms with E-state index in [0.717, 1.165) is 6.42 Å². The van der Waals surface area contributed by atoms with E-state index < -0.39 is 5.82 Å². The van der Waals surface area contributed by atoms with Crippen LogP contribution in [0, 0.1) is 5.82 Å². The third-order valence-electron chi connectivity index (χ3n) is 6.39. The number of anilines is 1. The van der Waals surface area contributed by atoms with Gasteiger partial charge in [-0.1, -0.05) is 36.4 Å². The number of ether oxygens (including phenoxy) is 3. The molecule has 5 aromatic rings. The number of hydrogen-bond acceptors (Lipinski definition) is 7. The number of fused-ring (bicyclic) bond motifs is 1. The van der Waals surface area contributed by atoms with Gasteiger partial charge in [0.25, 0.3) is 5.56 Å². The second-order valence-corrected chi connectivity index (χ2v) is 8.78. The molecule has 0 spiro atoms. The van der Waals surface area contributed by atoms with Crippen LogP contribution in [0.25, 0.3) is 22.0 Å². The van der Waals surface area contributed by atoms with Gasteiger partial charge < -0.3 is 19.5 Å². The fraction of sp³-hybridized carbons (Fsp3) is 0.167. The minimum Gasteiger partial charge on any atom is -0.493 e. The van der Waals surface area contributed by atoms with E-state index in [1.165, 1.54) is 35.6 Å². The van der Waals surface area contributed by atoms with Crippen LogP contribution in [0.4, 0.5) is 10.3 Å². The summed E-state index contributed by atoms with van der Waals surface area (Å²) in [6.45, 7) is 0.618. The molecule has 0 fully saturated rings. The maximum Gasteiger partial charge on any atom is 0.262 e. The minimum atomic E-state index is -0.620. The molecule has 2 heterocycles. The van der Waals surface area contributed by atoms with Gasteiger partial charge >= 0.3 is 0 Å². The molecule has 3 aromatic carbocycles. The lowest BCUT2D eigenvalue weighted by atomic mass is 10.1. The highest BCUT2D eigenvalue weighted by Gasteiger charge is 2.16. The Kier molecular flexibility index (Phi) is 7.40. The van der Waals surface area contributed by atoms with Gasteiger partial charge in [-0.05, 0) is 47.9 Å². The van der Waals surface area contributed by atoms with Gasteiger partial charge in [0.2, 0.25) is 5.95 Å². The van der Waals surface area contributed by atoms with Gasteiger partial charge in [-0.2, -0.15) is 0 Å². The van der Waals surface area contributed by atoms with E-state index in [0.29, 0.717) is 46.2 Å². The van der Waals surface area contributed by atoms with Crippen molar-refractivity contribution in [3.8, 4) is 34.1 Å². The van der Waals surface area contributed by atoms with Crippen LogP contribution in [0.2, 0.25) is 0 Å². The van der Waals surface area contributed by atoms with E-state index in [9.17, 15) is 4.79 Å². The third-order valence-corrected chi connectivity index (χ3v) is 6.39. The van der Waals surface area contributed by atoms with Crippen molar-refractivity contribution < 1.29 is 18.6 Å². The van der Waals surface area contributed by atoms with Crippen molar-refractivity contribution in [1.82, 2.24) is 14.5 Å². The number of nitrogens with one attached hydrogen (secondary N) is 1. The zero-order valence-corrected chi connectivity index (χ0v) is 21.8. The van der Waals surface area contributed by atoms with Gasteiger partial charge in [-0.25, -0.2) is 9.37 Å². The number of halogens is 1. The van der Waals surface area contributed by atoms with Gasteiger partial charge in [0.05, 0.1) is 19.8 Å². The lowest BCUT2D eigenvalue weighted by molar-refractivity contribution is 0.358. The smallest absolute Gasteiger partial charge is 0.262 e. The van der Waals surface area contributed by atoms with Crippen LogP contribution in [-0.4, -0.2) is 35.3 Å². The Balaban J connectivity index is 1.37. The quantitative estimate of drug-likeness (QED) is 0.268. The highest BCUT2D eigenvalue weighted by atomic mass is 19.1. The second kappa shape index (κ2) is 11.2. The summed E-state index contributed by atoms with van der Waals surface area (Å²) in [5.41, 5.74) is 2.10. The van der Waals surface area contributed by atoms with Gasteiger partial charge in [-0.15, -0.1) is 0 Å². The molecule has 0 saturated carbocycles. The lowest BCUT2D eigenvalue weighted by Crippen LogP contribution is -2.24. The maximum absolute atomic E-state index is 15.2. The highest BCUT2D eigenvalue weighted by molar-refractivity contribution is 5.92. The first-order chi connectivity index (χ1) is 19.0. The molecule has 5 rings (SSSR count). The Morgan fingerprint density at radius 1 is 0.923 bits per heavy atom. The molecule has 0 unspecified atom stereocenters. The molecule has 0 radical (unpaired) electrons. The highest BCUT2D eigenvalue weighted by Crippen LogP contribution is 2.39. The van der Waals surface area contributed by atoms with Crippen molar-refractivity contribution in [1.29, 1.82) is 0 Å². The predicted octanol–water partition coefficient (Wildman–Crippen LogP) is 5.60. The van der Waals surface area contributed by atoms with Crippen LogP contribution < -0.4 is 25.1 Å². The van der Waals surface area contributed by atoms with E-state index in [1.54, 1.807) is 44.6 Å². The summed E-state index contributed by atoms with van der Waals surface area (Å²) >= 11 is 0. The average Bonchev–Trinajstić information content (AvgIpc) is 2.96. The first-order valence-electron chi connectivity index (χ1n) is 12.3. The van der Waals surface area contributed by atoms with Gasteiger partial charge in [-0.3, -0.25) is 14.3 Å². The fourth-order valence-electron chi connectivity index (χ4n) is 4.34. The maximum atomic E-state index is 15.2. The first kappa shape index (κ1) is 25.7. The molecule has 0 aliphatic carbocycles. The summed E-state index contributed by atoms with van der Waals surface area (Å²) in [5, 5.41) is 3.83. The number of hydrogen-bond donors (Lipinski definition) is 1. The monoisotopic (exact) mass is 526 g/mol. The third kappa shape index (κ3) is 5.24. The van der Waals surface area contributed by atoms with Crippen LogP contribution >= 0.6 is 0 Å². The number of benzene rings is 3. The van der Waals surface area contributed by atoms with E-state index in [1.807, 2.05) is 30.3 Å². The molecule has 0 amide bonds. The van der Waals surface area contributed by atoms with Gasteiger partial charge in [0, 0.05) is 31.4 Å². The SMILES string of the molecule is COc1ccc2c(Oc3ccc(-c4cnc(NCCc5ccccc5)n(C)c4=O)cc3F)ccnc2c1OC. The Hall–Kier alpha value is -4.92. The minimum absolute atomic E-state index is 0.00465. The molecule has 9 heteroatoms. The van der Waals surface area contributed by atoms with Crippen molar-refractivity contribution in [3.05, 3.63) is 101 Å². The molecule has 8 nitrogen and oxygen atoms in total. The molecule has 1 N–H and O–H groups in total. The van der Waals surface area contributed by atoms with Crippen molar-refractivity contribution in [2.75, 3.05) is 26.1 Å². The summed E-state index contributed by atoms with van der Waals surface area (Å²) in [6, 6.07) is 19.6. The first-order valence-corrected chi connectivity index (χ1v) is 12.3. The largest absolute Gasteiger partial charge is 0.493 e. The Bertz CT molecular complexity index is 1690. The van der Waals surface area contributed by atoms with Crippen LogP contribution in [0.5, 0.6) is 23.0 Å². The van der Waals surface area contributed by atoms with Gasteiger partial charge in [0.1, 0.15) is 11.3 Å². The number of rotatable bonds is 9. The Morgan fingerprint density at radius 3 is 2.46 bits per heavy atom. The van der Waals surface area contributed by atoms with E-state index in [-0.39, 0.29) is 16.9 Å². The predicted molar refractivity (Wildman–Crippen MR) is 148 cm³/mol. The summed E-state index contributed by atoms with van der Waals surface area (Å²) in [6.07, 6.45) is 3.80. The van der Waals surface area contributed by atoms with E-state index in [4.69, 9.17) is 14.2 Å². The van der Waals surface area contributed by atoms with Crippen molar-refractivity contribution in [2.24, 2.45) is 7.05 Å². The number of methoxy groups -OCH3 is 2. The lowest BCUT2D eigenvalue weighted by Gasteiger charge is -2.14. The van der Waals surface area contributed by atoms with Crippen LogP contribution in [0.1, 0.15) is 5.56 Å². The summed E-state index contributed by atoms with van der Waals surface area (Å²) in [4.78, 5) is 21.8. The second-order valence-electron chi connectivity index (χ2n) is 8.78. The Labute approximate surface area is 224 Å². The molecule has 39 heavy (non-hydrogen) atoms. The molecule has 0 aliphatic rings. The molecule has 0 saturated heterocycles. The summed E-state index contributed by atoms with van der Waals surface area (Å²) in [5.74, 6) is 1.21. The zero-order valence-electron chi connectivity index (χ0n) is 21.8. The van der Waals surface area contributed by atoms with Crippen LogP contribution in [0.3, 0.4) is 0 Å². The number of aromatic nitrogens is 3. The van der Waals surface area contributed by atoms with Crippen LogP contribution in [-0.2, 0) is 13.5 Å². The molecule has 0 bridgehead atoms. The molecular formula is C30H27FN4O4. The molecule has 0 aliphatic heterocycles. The van der Waals surface area contributed by atoms with Crippen molar-refractivity contribution >= 4 is 16.9 Å². The summed E-state index contributed by atoms with van der Waals surface area (Å²) < 4.78 is 33.3. The molecule has 2 aromatic heterocycles. The molecular weight excluding hydrogens is 499 g/mol. The van der Waals surface area contributed by atoms with E-state index in [2.05, 4.69) is 15.3 Å². The van der Waals surface area contributed by atoms with Crippen molar-refractivity contribution in [2.45, 2.75) is 6.42 Å². The number of nitrogens with zero attached hydrogens (tertiary/aromatic N) is 3. The summed E-state index contributed by atoms with van der Waals surface area (Å²) in [7, 11) is 4.70. The molecule has 0 atom stereocenters. The standard InChI is InChI=1S/C30H27FN4O4/c1-35-29(36)22(18-34-30(35)33-15-13-19-7-5-4-6-8-19)20-9-11-25(23(31)17-20)39-24-14-16-32-27-21(24)10-12-26(37-2)28(27)38-3/h4-12,14,16-18H,13,15H2,1-3H3,(H,33,34). The zero-order chi connectivity index (χ0) is 27.4. The van der Waals surface area contributed by atoms with E-state index >= 15 is 4.39 Å². The van der Waals surface area contributed by atoms with Gasteiger partial charge in [0.15, 0.2) is 23.1 Å². The normalized spacial score (nSPS) is 10.9. The number of pyridine rings is 1. The Morgan fingerprint density at radius 2 is 1.72 bits per heavy atom.